The summed E-state index contributed by atoms with van der Waals surface area (Å²) in [5.74, 6) is 1.32. The average Bonchev–Trinajstić information content (AvgIpc) is 3.22. The molecular weight excluding hydrogens is 340 g/mol. The average molecular weight is 358 g/mol. The van der Waals surface area contributed by atoms with Gasteiger partial charge in [0.2, 0.25) is 5.89 Å². The minimum Gasteiger partial charge on any atom is -0.416 e. The maximum absolute atomic E-state index is 12.1. The molecule has 2 aromatic heterocycles. The number of aryl methyl sites for hydroxylation is 1. The van der Waals surface area contributed by atoms with Crippen LogP contribution in [0.25, 0.3) is 0 Å². The molecule has 0 radical (unpaired) electrons. The molecule has 2 heterocycles. The van der Waals surface area contributed by atoms with Crippen LogP contribution in [0.4, 0.5) is 0 Å². The van der Waals surface area contributed by atoms with Gasteiger partial charge >= 0.3 is 0 Å². The Hall–Kier alpha value is -1.92. The van der Waals surface area contributed by atoms with Gasteiger partial charge in [-0.05, 0) is 30.5 Å². The van der Waals surface area contributed by atoms with Gasteiger partial charge in [0, 0.05) is 11.3 Å². The Morgan fingerprint density at radius 1 is 1.21 bits per heavy atom. The lowest BCUT2D eigenvalue weighted by atomic mass is 9.98. The molecule has 1 aromatic carbocycles. The maximum Gasteiger partial charge on any atom is 0.277 e. The van der Waals surface area contributed by atoms with Crippen molar-refractivity contribution in [1.29, 1.82) is 0 Å². The summed E-state index contributed by atoms with van der Waals surface area (Å²) in [4.78, 5) is 14.0. The Morgan fingerprint density at radius 3 is 2.71 bits per heavy atom. The van der Waals surface area contributed by atoms with Gasteiger partial charge in [-0.3, -0.25) is 4.79 Å². The Morgan fingerprint density at radius 2 is 2.00 bits per heavy atom. The van der Waals surface area contributed by atoms with Crippen LogP contribution in [0.5, 0.6) is 0 Å². The molecule has 0 N–H and O–H groups in total. The lowest BCUT2D eigenvalue weighted by Crippen LogP contribution is -1.99. The van der Waals surface area contributed by atoms with Crippen LogP contribution in [-0.2, 0) is 6.42 Å². The van der Waals surface area contributed by atoms with E-state index in [-0.39, 0.29) is 5.78 Å². The van der Waals surface area contributed by atoms with E-state index in [4.69, 9.17) is 4.42 Å². The summed E-state index contributed by atoms with van der Waals surface area (Å²) in [7, 11) is 0. The maximum atomic E-state index is 12.1. The first-order chi connectivity index (χ1) is 11.6. The molecule has 0 saturated heterocycles. The van der Waals surface area contributed by atoms with Gasteiger partial charge in [-0.15, -0.1) is 21.5 Å². The van der Waals surface area contributed by atoms with Crippen LogP contribution in [0, 0.1) is 6.92 Å². The van der Waals surface area contributed by atoms with Crippen molar-refractivity contribution < 1.29 is 9.21 Å². The number of rotatable bonds is 7. The Labute approximate surface area is 149 Å². The molecule has 0 aliphatic heterocycles. The third kappa shape index (κ3) is 4.33. The molecular formula is C18H18N2O2S2. The van der Waals surface area contributed by atoms with Crippen molar-refractivity contribution in [3.63, 3.8) is 0 Å². The highest BCUT2D eigenvalue weighted by molar-refractivity contribution is 7.99. The molecule has 3 aromatic rings. The van der Waals surface area contributed by atoms with Gasteiger partial charge in [0.15, 0.2) is 5.78 Å². The van der Waals surface area contributed by atoms with Crippen molar-refractivity contribution in [1.82, 2.24) is 10.2 Å². The smallest absolute Gasteiger partial charge is 0.277 e. The topological polar surface area (TPSA) is 56.0 Å². The molecule has 3 rings (SSSR count). The monoisotopic (exact) mass is 358 g/mol. The van der Waals surface area contributed by atoms with Gasteiger partial charge < -0.3 is 4.42 Å². The first-order valence-electron chi connectivity index (χ1n) is 7.71. The molecule has 4 nitrogen and oxygen atoms in total. The van der Waals surface area contributed by atoms with E-state index in [1.165, 1.54) is 28.7 Å². The number of thiophene rings is 1. The Kier molecular flexibility index (Phi) is 5.48. The number of benzene rings is 1. The van der Waals surface area contributed by atoms with Crippen molar-refractivity contribution in [3.8, 4) is 0 Å². The first-order valence-corrected chi connectivity index (χ1v) is 9.52. The van der Waals surface area contributed by atoms with Gasteiger partial charge in [-0.25, -0.2) is 0 Å². The largest absolute Gasteiger partial charge is 0.416 e. The van der Waals surface area contributed by atoms with E-state index in [9.17, 15) is 4.79 Å². The number of thioether (sulfide) groups is 1. The summed E-state index contributed by atoms with van der Waals surface area (Å²) >= 11 is 2.81. The predicted molar refractivity (Wildman–Crippen MR) is 97.0 cm³/mol. The number of carbonyl (C=O) groups excluding carboxylic acids is 1. The van der Waals surface area contributed by atoms with E-state index >= 15 is 0 Å². The molecule has 1 unspecified atom stereocenters. The van der Waals surface area contributed by atoms with E-state index in [1.54, 1.807) is 0 Å². The molecule has 124 valence electrons. The summed E-state index contributed by atoms with van der Waals surface area (Å²) in [6, 6.07) is 14.1. The van der Waals surface area contributed by atoms with Crippen LogP contribution in [0.2, 0.25) is 0 Å². The molecule has 0 aliphatic carbocycles. The highest BCUT2D eigenvalue weighted by Gasteiger charge is 2.15. The van der Waals surface area contributed by atoms with E-state index in [2.05, 4.69) is 29.3 Å². The van der Waals surface area contributed by atoms with Gasteiger partial charge in [-0.1, -0.05) is 49.0 Å². The number of aromatic nitrogens is 2. The van der Waals surface area contributed by atoms with E-state index < -0.39 is 0 Å². The SMILES string of the molecule is Cc1ccc(C(=O)CSc2nnc(CC(C)c3ccccc3)o2)s1. The highest BCUT2D eigenvalue weighted by atomic mass is 32.2. The number of carbonyl (C=O) groups is 1. The standard InChI is InChI=1S/C18H18N2O2S2/c1-12(14-6-4-3-5-7-14)10-17-19-20-18(22-17)23-11-15(21)16-9-8-13(2)24-16/h3-9,12H,10-11H2,1-2H3. The molecule has 0 bridgehead atoms. The zero-order valence-corrected chi connectivity index (χ0v) is 15.2. The number of hydrogen-bond acceptors (Lipinski definition) is 6. The van der Waals surface area contributed by atoms with Gasteiger partial charge in [0.1, 0.15) is 0 Å². The van der Waals surface area contributed by atoms with Crippen molar-refractivity contribution >= 4 is 28.9 Å². The van der Waals surface area contributed by atoms with E-state index in [0.29, 0.717) is 29.2 Å². The van der Waals surface area contributed by atoms with Gasteiger partial charge in [-0.2, -0.15) is 0 Å². The zero-order chi connectivity index (χ0) is 16.9. The molecule has 0 spiro atoms. The van der Waals surface area contributed by atoms with E-state index in [1.807, 2.05) is 37.3 Å². The molecule has 6 heteroatoms. The van der Waals surface area contributed by atoms with Crippen LogP contribution in [0.3, 0.4) is 0 Å². The zero-order valence-electron chi connectivity index (χ0n) is 13.6. The number of Topliss-reactive ketones (excluding diaryl/α,β-unsaturated/α-hetero) is 1. The molecule has 0 saturated carbocycles. The normalized spacial score (nSPS) is 12.2. The lowest BCUT2D eigenvalue weighted by Gasteiger charge is -2.08. The number of hydrogen-bond donors (Lipinski definition) is 0. The van der Waals surface area contributed by atoms with Crippen molar-refractivity contribution in [2.45, 2.75) is 31.4 Å². The van der Waals surface area contributed by atoms with Crippen LogP contribution in [0.1, 0.15) is 38.8 Å². The second-order valence-electron chi connectivity index (χ2n) is 5.60. The quantitative estimate of drug-likeness (QED) is 0.450. The van der Waals surface area contributed by atoms with Crippen molar-refractivity contribution in [2.75, 3.05) is 5.75 Å². The minimum absolute atomic E-state index is 0.0931. The minimum atomic E-state index is 0.0931. The summed E-state index contributed by atoms with van der Waals surface area (Å²) in [5, 5.41) is 8.57. The summed E-state index contributed by atoms with van der Waals surface area (Å²) in [6.45, 7) is 4.13. The number of nitrogens with zero attached hydrogens (tertiary/aromatic N) is 2. The molecule has 0 amide bonds. The fraction of sp³-hybridized carbons (Fsp3) is 0.278. The summed E-state index contributed by atoms with van der Waals surface area (Å²) in [5.41, 5.74) is 1.24. The van der Waals surface area contributed by atoms with Crippen molar-refractivity contribution in [2.24, 2.45) is 0 Å². The third-order valence-electron chi connectivity index (χ3n) is 3.64. The van der Waals surface area contributed by atoms with Crippen LogP contribution >= 0.6 is 23.1 Å². The third-order valence-corrected chi connectivity index (χ3v) is 5.50. The molecule has 0 aliphatic rings. The lowest BCUT2D eigenvalue weighted by molar-refractivity contribution is 0.102. The van der Waals surface area contributed by atoms with Crippen LogP contribution in [0.15, 0.2) is 52.1 Å². The Balaban J connectivity index is 1.55. The Bertz CT molecular complexity index is 811. The molecule has 0 fully saturated rings. The van der Waals surface area contributed by atoms with Crippen LogP contribution < -0.4 is 0 Å². The van der Waals surface area contributed by atoms with Crippen LogP contribution in [-0.4, -0.2) is 21.7 Å². The van der Waals surface area contributed by atoms with E-state index in [0.717, 1.165) is 9.75 Å². The highest BCUT2D eigenvalue weighted by Crippen LogP contribution is 2.24. The second-order valence-corrected chi connectivity index (χ2v) is 7.81. The second kappa shape index (κ2) is 7.77. The first kappa shape index (κ1) is 16.9. The van der Waals surface area contributed by atoms with Gasteiger partial charge in [0.25, 0.3) is 5.22 Å². The predicted octanol–water partition coefficient (Wildman–Crippen LogP) is 4.76. The molecule has 24 heavy (non-hydrogen) atoms. The summed E-state index contributed by atoms with van der Waals surface area (Å²) in [6.07, 6.45) is 0.690. The summed E-state index contributed by atoms with van der Waals surface area (Å²) < 4.78 is 5.66. The fourth-order valence-corrected chi connectivity index (χ4v) is 3.88. The van der Waals surface area contributed by atoms with Crippen molar-refractivity contribution in [3.05, 3.63) is 63.7 Å². The molecule has 1 atom stereocenters. The van der Waals surface area contributed by atoms with Gasteiger partial charge in [0.05, 0.1) is 10.6 Å². The fourth-order valence-electron chi connectivity index (χ4n) is 2.32. The number of ketones is 1.